The molecule has 1 amide bonds. The largest absolute Gasteiger partial charge is 0.352 e. The van der Waals surface area contributed by atoms with Crippen LogP contribution >= 0.6 is 0 Å². The van der Waals surface area contributed by atoms with Gasteiger partial charge in [-0.25, -0.2) is 13.1 Å². The normalized spacial score (nSPS) is 16.9. The lowest BCUT2D eigenvalue weighted by molar-refractivity contribution is 0.0949. The summed E-state index contributed by atoms with van der Waals surface area (Å²) in [6, 6.07) is 6.03. The van der Waals surface area contributed by atoms with Gasteiger partial charge in [0, 0.05) is 18.7 Å². The summed E-state index contributed by atoms with van der Waals surface area (Å²) in [4.78, 5) is 14.6. The Kier molecular flexibility index (Phi) is 6.77. The summed E-state index contributed by atoms with van der Waals surface area (Å²) in [6.07, 6.45) is 3.36. The van der Waals surface area contributed by atoms with Gasteiger partial charge in [-0.2, -0.15) is 0 Å². The highest BCUT2D eigenvalue weighted by Gasteiger charge is 2.17. The van der Waals surface area contributed by atoms with Crippen molar-refractivity contribution in [2.24, 2.45) is 5.92 Å². The first kappa shape index (κ1) is 18.9. The van der Waals surface area contributed by atoms with E-state index < -0.39 is 10.0 Å². The molecule has 1 aliphatic heterocycles. The summed E-state index contributed by atoms with van der Waals surface area (Å²) in [7, 11) is -1.34. The molecule has 0 bridgehead atoms. The molecule has 1 saturated heterocycles. The molecule has 134 valence electrons. The Morgan fingerprint density at radius 2 is 1.83 bits per heavy atom. The first-order chi connectivity index (χ1) is 11.4. The van der Waals surface area contributed by atoms with Crippen LogP contribution in [0.4, 0.5) is 0 Å². The Balaban J connectivity index is 1.82. The number of carbonyl (C=O) groups excluding carboxylic acids is 1. The predicted octanol–water partition coefficient (Wildman–Crippen LogP) is 1.45. The van der Waals surface area contributed by atoms with Crippen molar-refractivity contribution in [1.29, 1.82) is 0 Å². The lowest BCUT2D eigenvalue weighted by atomic mass is 9.94. The molecule has 1 aromatic carbocycles. The van der Waals surface area contributed by atoms with Crippen LogP contribution in [0.25, 0.3) is 0 Å². The molecule has 1 aliphatic rings. The molecule has 6 nitrogen and oxygen atoms in total. The van der Waals surface area contributed by atoms with Crippen LogP contribution in [0.3, 0.4) is 0 Å². The van der Waals surface area contributed by atoms with E-state index in [-0.39, 0.29) is 10.8 Å². The number of amides is 1. The molecule has 1 heterocycles. The number of hydrogen-bond acceptors (Lipinski definition) is 4. The maximum Gasteiger partial charge on any atom is 0.251 e. The summed E-state index contributed by atoms with van der Waals surface area (Å²) in [5.41, 5.74) is 0.480. The van der Waals surface area contributed by atoms with Crippen LogP contribution in [0, 0.1) is 5.92 Å². The van der Waals surface area contributed by atoms with Gasteiger partial charge in [-0.3, -0.25) is 4.79 Å². The third-order valence-corrected chi connectivity index (χ3v) is 6.00. The molecular weight excluding hydrogens is 326 g/mol. The molecule has 0 aromatic heterocycles. The minimum atomic E-state index is -3.47. The van der Waals surface area contributed by atoms with E-state index in [1.54, 1.807) is 19.1 Å². The van der Waals surface area contributed by atoms with E-state index >= 15 is 0 Å². The maximum absolute atomic E-state index is 12.1. The van der Waals surface area contributed by atoms with E-state index in [1.807, 2.05) is 0 Å². The average molecular weight is 353 g/mol. The summed E-state index contributed by atoms with van der Waals surface area (Å²) in [5, 5.41) is 2.92. The molecule has 1 aromatic rings. The van der Waals surface area contributed by atoms with Crippen LogP contribution in [0.2, 0.25) is 0 Å². The van der Waals surface area contributed by atoms with Crippen molar-refractivity contribution >= 4 is 15.9 Å². The Morgan fingerprint density at radius 1 is 1.21 bits per heavy atom. The fraction of sp³-hybridized carbons (Fsp3) is 0.588. The van der Waals surface area contributed by atoms with Crippen LogP contribution in [0.5, 0.6) is 0 Å². The molecule has 0 spiro atoms. The van der Waals surface area contributed by atoms with Gasteiger partial charge < -0.3 is 10.2 Å². The monoisotopic (exact) mass is 353 g/mol. The number of carbonyl (C=O) groups is 1. The van der Waals surface area contributed by atoms with Crippen molar-refractivity contribution in [3.63, 3.8) is 0 Å². The van der Waals surface area contributed by atoms with Crippen molar-refractivity contribution < 1.29 is 13.2 Å². The Labute approximate surface area is 144 Å². The van der Waals surface area contributed by atoms with E-state index in [0.717, 1.165) is 19.5 Å². The third kappa shape index (κ3) is 5.29. The zero-order valence-electron chi connectivity index (χ0n) is 14.4. The quantitative estimate of drug-likeness (QED) is 0.778. The van der Waals surface area contributed by atoms with Gasteiger partial charge in [-0.05, 0) is 69.6 Å². The smallest absolute Gasteiger partial charge is 0.251 e. The van der Waals surface area contributed by atoms with E-state index in [0.29, 0.717) is 24.6 Å². The van der Waals surface area contributed by atoms with Crippen LogP contribution in [0.1, 0.15) is 36.5 Å². The maximum atomic E-state index is 12.1. The fourth-order valence-corrected chi connectivity index (χ4v) is 3.94. The summed E-state index contributed by atoms with van der Waals surface area (Å²) in [6.45, 7) is 4.97. The second-order valence-electron chi connectivity index (χ2n) is 6.32. The van der Waals surface area contributed by atoms with Crippen LogP contribution in [-0.4, -0.2) is 52.5 Å². The number of nitrogens with zero attached hydrogens (tertiary/aromatic N) is 1. The van der Waals surface area contributed by atoms with E-state index in [9.17, 15) is 13.2 Å². The molecule has 2 rings (SSSR count). The lowest BCUT2D eigenvalue weighted by Crippen LogP contribution is -2.32. The van der Waals surface area contributed by atoms with Crippen LogP contribution in [0.15, 0.2) is 29.2 Å². The molecule has 0 aliphatic carbocycles. The molecule has 0 atom stereocenters. The van der Waals surface area contributed by atoms with Gasteiger partial charge in [0.15, 0.2) is 0 Å². The van der Waals surface area contributed by atoms with Gasteiger partial charge in [-0.1, -0.05) is 6.92 Å². The fourth-order valence-electron chi connectivity index (χ4n) is 2.90. The Hall–Kier alpha value is -1.44. The average Bonchev–Trinajstić information content (AvgIpc) is 2.56. The van der Waals surface area contributed by atoms with Crippen LogP contribution < -0.4 is 10.0 Å². The zero-order valence-corrected chi connectivity index (χ0v) is 15.2. The molecule has 0 unspecified atom stereocenters. The van der Waals surface area contributed by atoms with Gasteiger partial charge in [0.2, 0.25) is 10.0 Å². The number of likely N-dealkylation sites (tertiary alicyclic amines) is 1. The number of piperidine rings is 1. The van der Waals surface area contributed by atoms with Gasteiger partial charge in [-0.15, -0.1) is 0 Å². The molecular formula is C17H27N3O3S. The Morgan fingerprint density at radius 3 is 2.42 bits per heavy atom. The first-order valence-electron chi connectivity index (χ1n) is 8.49. The number of benzene rings is 1. The predicted molar refractivity (Wildman–Crippen MR) is 94.5 cm³/mol. The van der Waals surface area contributed by atoms with E-state index in [4.69, 9.17) is 0 Å². The molecule has 0 radical (unpaired) electrons. The van der Waals surface area contributed by atoms with Gasteiger partial charge in [0.25, 0.3) is 5.91 Å². The minimum Gasteiger partial charge on any atom is -0.352 e. The minimum absolute atomic E-state index is 0.157. The highest BCUT2D eigenvalue weighted by atomic mass is 32.2. The molecule has 1 fully saturated rings. The Bertz CT molecular complexity index is 636. The summed E-state index contributed by atoms with van der Waals surface area (Å²) >= 11 is 0. The van der Waals surface area contributed by atoms with Crippen molar-refractivity contribution in [2.75, 3.05) is 33.2 Å². The standard InChI is InChI=1S/C17H27N3O3S/c1-3-19-24(22,23)16-6-4-15(5-7-16)17(21)18-11-8-14-9-12-20(2)13-10-14/h4-7,14,19H,3,8-13H2,1-2H3,(H,18,21). The van der Waals surface area contributed by atoms with Gasteiger partial charge >= 0.3 is 0 Å². The molecule has 7 heteroatoms. The van der Waals surface area contributed by atoms with Crippen molar-refractivity contribution in [3.05, 3.63) is 29.8 Å². The summed E-state index contributed by atoms with van der Waals surface area (Å²) in [5.74, 6) is 0.518. The van der Waals surface area contributed by atoms with Crippen molar-refractivity contribution in [3.8, 4) is 0 Å². The van der Waals surface area contributed by atoms with E-state index in [1.165, 1.54) is 25.0 Å². The second-order valence-corrected chi connectivity index (χ2v) is 8.08. The lowest BCUT2D eigenvalue weighted by Gasteiger charge is -2.28. The highest BCUT2D eigenvalue weighted by Crippen LogP contribution is 2.18. The molecule has 0 saturated carbocycles. The number of sulfonamides is 1. The zero-order chi connectivity index (χ0) is 17.6. The van der Waals surface area contributed by atoms with Crippen LogP contribution in [-0.2, 0) is 10.0 Å². The first-order valence-corrected chi connectivity index (χ1v) is 9.97. The molecule has 2 N–H and O–H groups in total. The van der Waals surface area contributed by atoms with Crippen molar-refractivity contribution in [1.82, 2.24) is 14.9 Å². The van der Waals surface area contributed by atoms with Gasteiger partial charge in [0.05, 0.1) is 4.90 Å². The second kappa shape index (κ2) is 8.60. The SMILES string of the molecule is CCNS(=O)(=O)c1ccc(C(=O)NCCC2CCN(C)CC2)cc1. The topological polar surface area (TPSA) is 78.5 Å². The number of rotatable bonds is 7. The third-order valence-electron chi connectivity index (χ3n) is 4.44. The summed E-state index contributed by atoms with van der Waals surface area (Å²) < 4.78 is 26.2. The van der Waals surface area contributed by atoms with E-state index in [2.05, 4.69) is 22.0 Å². The number of hydrogen-bond donors (Lipinski definition) is 2. The highest BCUT2D eigenvalue weighted by molar-refractivity contribution is 7.89. The van der Waals surface area contributed by atoms with Gasteiger partial charge in [0.1, 0.15) is 0 Å². The molecule has 24 heavy (non-hydrogen) atoms. The van der Waals surface area contributed by atoms with Crippen molar-refractivity contribution in [2.45, 2.75) is 31.1 Å². The number of nitrogens with one attached hydrogen (secondary N) is 2.